The van der Waals surface area contributed by atoms with Crippen molar-refractivity contribution in [1.29, 1.82) is 0 Å². The Morgan fingerprint density at radius 3 is 2.12 bits per heavy atom. The number of amides is 2. The highest BCUT2D eigenvalue weighted by molar-refractivity contribution is 5.80. The monoisotopic (exact) mass is 448 g/mol. The molecule has 2 saturated heterocycles. The minimum atomic E-state index is 0.0260. The molecule has 0 radical (unpaired) electrons. The number of rotatable bonds is 8. The van der Waals surface area contributed by atoms with Gasteiger partial charge in [-0.25, -0.2) is 0 Å². The predicted octanol–water partition coefficient (Wildman–Crippen LogP) is 2.80. The molecule has 0 atom stereocenters. The molecule has 2 fully saturated rings. The summed E-state index contributed by atoms with van der Waals surface area (Å²) in [5.41, 5.74) is 2.48. The molecule has 176 valence electrons. The van der Waals surface area contributed by atoms with E-state index in [1.807, 2.05) is 23.1 Å². The average Bonchev–Trinajstić information content (AvgIpc) is 2.89. The molecule has 1 N–H and O–H groups in total. The van der Waals surface area contributed by atoms with Crippen molar-refractivity contribution in [2.75, 3.05) is 57.3 Å². The molecule has 6 heteroatoms. The third-order valence-electron chi connectivity index (χ3n) is 6.91. The number of piperidine rings is 1. The minimum Gasteiger partial charge on any atom is -0.369 e. The molecule has 0 bridgehead atoms. The summed E-state index contributed by atoms with van der Waals surface area (Å²) in [7, 11) is 0. The maximum atomic E-state index is 12.6. The van der Waals surface area contributed by atoms with Gasteiger partial charge in [-0.15, -0.1) is 0 Å². The highest BCUT2D eigenvalue weighted by Gasteiger charge is 2.27. The Balaban J connectivity index is 1.09. The molecule has 2 aliphatic rings. The second-order valence-corrected chi connectivity index (χ2v) is 9.10. The molecule has 2 heterocycles. The van der Waals surface area contributed by atoms with E-state index in [-0.39, 0.29) is 17.7 Å². The maximum Gasteiger partial charge on any atom is 0.223 e. The molecular weight excluding hydrogens is 412 g/mol. The Morgan fingerprint density at radius 2 is 1.45 bits per heavy atom. The molecule has 0 aromatic heterocycles. The van der Waals surface area contributed by atoms with Crippen LogP contribution in [0.1, 0.15) is 24.8 Å². The van der Waals surface area contributed by atoms with Crippen LogP contribution in [0.4, 0.5) is 5.69 Å². The first kappa shape index (κ1) is 23.3. The van der Waals surface area contributed by atoms with Crippen LogP contribution in [-0.2, 0) is 16.0 Å². The van der Waals surface area contributed by atoms with Gasteiger partial charge in [-0.1, -0.05) is 48.5 Å². The van der Waals surface area contributed by atoms with Crippen LogP contribution in [0.25, 0.3) is 0 Å². The van der Waals surface area contributed by atoms with Crippen molar-refractivity contribution in [3.8, 4) is 0 Å². The summed E-state index contributed by atoms with van der Waals surface area (Å²) in [5, 5.41) is 3.14. The summed E-state index contributed by atoms with van der Waals surface area (Å²) in [6, 6.07) is 20.7. The molecule has 0 unspecified atom stereocenters. The summed E-state index contributed by atoms with van der Waals surface area (Å²) < 4.78 is 0. The van der Waals surface area contributed by atoms with Crippen molar-refractivity contribution in [2.45, 2.75) is 25.7 Å². The lowest BCUT2D eigenvalue weighted by Gasteiger charge is -2.36. The van der Waals surface area contributed by atoms with Crippen LogP contribution in [0, 0.1) is 5.92 Å². The number of hydrogen-bond donors (Lipinski definition) is 1. The smallest absolute Gasteiger partial charge is 0.223 e. The molecule has 0 saturated carbocycles. The Labute approximate surface area is 197 Å². The van der Waals surface area contributed by atoms with Crippen LogP contribution < -0.4 is 10.2 Å². The van der Waals surface area contributed by atoms with Gasteiger partial charge >= 0.3 is 0 Å². The number of aryl methyl sites for hydroxylation is 1. The van der Waals surface area contributed by atoms with Crippen LogP contribution in [0.5, 0.6) is 0 Å². The lowest BCUT2D eigenvalue weighted by molar-refractivity contribution is -0.135. The van der Waals surface area contributed by atoms with Gasteiger partial charge in [0.15, 0.2) is 0 Å². The number of nitrogens with one attached hydrogen (secondary N) is 1. The Bertz CT molecular complexity index is 874. The van der Waals surface area contributed by atoms with E-state index in [4.69, 9.17) is 0 Å². The standard InChI is InChI=1S/C27H36N4O2/c32-26(12-11-23-7-3-1-4-8-23)31-16-13-24(14-17-31)27(33)28-15-18-29-19-21-30(22-20-29)25-9-5-2-6-10-25/h1-10,24H,11-22H2,(H,28,33). The van der Waals surface area contributed by atoms with Crippen molar-refractivity contribution >= 4 is 17.5 Å². The van der Waals surface area contributed by atoms with Gasteiger partial charge in [0.2, 0.25) is 11.8 Å². The number of anilines is 1. The van der Waals surface area contributed by atoms with E-state index >= 15 is 0 Å². The van der Waals surface area contributed by atoms with Gasteiger partial charge in [-0.05, 0) is 37.0 Å². The van der Waals surface area contributed by atoms with Gasteiger partial charge in [0.1, 0.15) is 0 Å². The Morgan fingerprint density at radius 1 is 0.818 bits per heavy atom. The highest BCUT2D eigenvalue weighted by atomic mass is 16.2. The zero-order valence-electron chi connectivity index (χ0n) is 19.5. The van der Waals surface area contributed by atoms with Crippen molar-refractivity contribution in [3.05, 3.63) is 66.2 Å². The SMILES string of the molecule is O=C(NCCN1CCN(c2ccccc2)CC1)C1CCN(C(=O)CCc2ccccc2)CC1. The predicted molar refractivity (Wildman–Crippen MR) is 132 cm³/mol. The molecule has 4 rings (SSSR count). The molecule has 33 heavy (non-hydrogen) atoms. The van der Waals surface area contributed by atoms with Gasteiger partial charge in [-0.3, -0.25) is 14.5 Å². The van der Waals surface area contributed by atoms with Crippen molar-refractivity contribution in [2.24, 2.45) is 5.92 Å². The number of piperazine rings is 1. The number of likely N-dealkylation sites (tertiary alicyclic amines) is 1. The van der Waals surface area contributed by atoms with Gasteiger partial charge in [-0.2, -0.15) is 0 Å². The van der Waals surface area contributed by atoms with Crippen LogP contribution in [0.15, 0.2) is 60.7 Å². The van der Waals surface area contributed by atoms with E-state index in [0.29, 0.717) is 26.1 Å². The van der Waals surface area contributed by atoms with E-state index in [9.17, 15) is 9.59 Å². The fourth-order valence-electron chi connectivity index (χ4n) is 4.80. The number of carbonyl (C=O) groups is 2. The van der Waals surface area contributed by atoms with Crippen LogP contribution in [0.3, 0.4) is 0 Å². The number of carbonyl (C=O) groups excluding carboxylic acids is 2. The third-order valence-corrected chi connectivity index (χ3v) is 6.91. The molecule has 2 aromatic carbocycles. The molecule has 6 nitrogen and oxygen atoms in total. The Hall–Kier alpha value is -2.86. The fourth-order valence-corrected chi connectivity index (χ4v) is 4.80. The summed E-state index contributed by atoms with van der Waals surface area (Å²) in [6.07, 6.45) is 2.84. The summed E-state index contributed by atoms with van der Waals surface area (Å²) in [6.45, 7) is 7.05. The maximum absolute atomic E-state index is 12.6. The zero-order valence-corrected chi connectivity index (χ0v) is 19.5. The van der Waals surface area contributed by atoms with Crippen LogP contribution in [0.2, 0.25) is 0 Å². The Kier molecular flexibility index (Phi) is 8.36. The first-order chi connectivity index (χ1) is 16.2. The molecular formula is C27H36N4O2. The quantitative estimate of drug-likeness (QED) is 0.675. The highest BCUT2D eigenvalue weighted by Crippen LogP contribution is 2.19. The van der Waals surface area contributed by atoms with Crippen LogP contribution in [-0.4, -0.2) is 74.0 Å². The van der Waals surface area contributed by atoms with Crippen molar-refractivity contribution < 1.29 is 9.59 Å². The van der Waals surface area contributed by atoms with Crippen molar-refractivity contribution in [1.82, 2.24) is 15.1 Å². The van der Waals surface area contributed by atoms with Gasteiger partial charge < -0.3 is 15.1 Å². The molecule has 0 aliphatic carbocycles. The van der Waals surface area contributed by atoms with E-state index in [2.05, 4.69) is 57.6 Å². The topological polar surface area (TPSA) is 55.9 Å². The molecule has 2 aromatic rings. The summed E-state index contributed by atoms with van der Waals surface area (Å²) in [5.74, 6) is 0.375. The van der Waals surface area contributed by atoms with Gasteiger partial charge in [0.05, 0.1) is 0 Å². The van der Waals surface area contributed by atoms with E-state index in [0.717, 1.165) is 52.0 Å². The van der Waals surface area contributed by atoms with Crippen LogP contribution >= 0.6 is 0 Å². The summed E-state index contributed by atoms with van der Waals surface area (Å²) >= 11 is 0. The fraction of sp³-hybridized carbons (Fsp3) is 0.481. The normalized spacial score (nSPS) is 17.7. The largest absolute Gasteiger partial charge is 0.369 e. The third kappa shape index (κ3) is 6.81. The number of hydrogen-bond acceptors (Lipinski definition) is 4. The average molecular weight is 449 g/mol. The molecule has 2 amide bonds. The zero-order chi connectivity index (χ0) is 22.9. The number of benzene rings is 2. The first-order valence-corrected chi connectivity index (χ1v) is 12.3. The number of para-hydroxylation sites is 1. The van der Waals surface area contributed by atoms with Crippen molar-refractivity contribution in [3.63, 3.8) is 0 Å². The molecule has 0 spiro atoms. The van der Waals surface area contributed by atoms with E-state index in [1.54, 1.807) is 0 Å². The number of nitrogens with zero attached hydrogens (tertiary/aromatic N) is 3. The van der Waals surface area contributed by atoms with E-state index in [1.165, 1.54) is 11.3 Å². The lowest BCUT2D eigenvalue weighted by Crippen LogP contribution is -2.49. The first-order valence-electron chi connectivity index (χ1n) is 12.3. The van der Waals surface area contributed by atoms with Gasteiger partial charge in [0.25, 0.3) is 0 Å². The summed E-state index contributed by atoms with van der Waals surface area (Å²) in [4.78, 5) is 31.9. The molecule has 2 aliphatic heterocycles. The van der Waals surface area contributed by atoms with E-state index < -0.39 is 0 Å². The second-order valence-electron chi connectivity index (χ2n) is 9.10. The van der Waals surface area contributed by atoms with Gasteiger partial charge in [0, 0.05) is 70.4 Å². The second kappa shape index (κ2) is 11.8. The minimum absolute atomic E-state index is 0.0260. The lowest BCUT2D eigenvalue weighted by atomic mass is 9.95.